The minimum absolute atomic E-state index is 0.00431. The molecule has 5 nitrogen and oxygen atoms in total. The average molecular weight is 244 g/mol. The van der Waals surface area contributed by atoms with Crippen LogP contribution in [0.3, 0.4) is 0 Å². The minimum atomic E-state index is -1.29. The molecule has 0 aliphatic rings. The molecule has 0 saturated heterocycles. The predicted molar refractivity (Wildman–Crippen MR) is 61.5 cm³/mol. The Kier molecular flexibility index (Phi) is 6.46. The predicted octanol–water partition coefficient (Wildman–Crippen LogP) is 1.79. The second-order valence-electron chi connectivity index (χ2n) is 4.00. The van der Waals surface area contributed by atoms with Crippen molar-refractivity contribution in [2.75, 3.05) is 6.61 Å². The molecule has 0 bridgehead atoms. The molecule has 0 radical (unpaired) electrons. The monoisotopic (exact) mass is 244 g/mol. The Balaban J connectivity index is 5.04. The van der Waals surface area contributed by atoms with E-state index in [2.05, 4.69) is 0 Å². The van der Waals surface area contributed by atoms with Gasteiger partial charge in [-0.15, -0.1) is 0 Å². The van der Waals surface area contributed by atoms with E-state index in [4.69, 9.17) is 9.84 Å². The number of ketones is 1. The molecule has 0 aliphatic carbocycles. The fraction of sp³-hybridized carbons (Fsp3) is 0.750. The summed E-state index contributed by atoms with van der Waals surface area (Å²) in [6, 6.07) is 0. The van der Waals surface area contributed by atoms with Gasteiger partial charge >= 0.3 is 11.9 Å². The van der Waals surface area contributed by atoms with Gasteiger partial charge in [-0.3, -0.25) is 14.4 Å². The van der Waals surface area contributed by atoms with E-state index in [-0.39, 0.29) is 25.2 Å². The van der Waals surface area contributed by atoms with Crippen LogP contribution in [-0.4, -0.2) is 29.4 Å². The number of aliphatic carboxylic acids is 1. The Morgan fingerprint density at radius 2 is 1.76 bits per heavy atom. The Morgan fingerprint density at radius 1 is 1.18 bits per heavy atom. The number of carbonyl (C=O) groups is 3. The summed E-state index contributed by atoms with van der Waals surface area (Å²) in [5.41, 5.74) is -1.29. The first-order chi connectivity index (χ1) is 7.90. The third-order valence-electron chi connectivity index (χ3n) is 2.78. The number of carboxylic acids is 1. The molecule has 1 unspecified atom stereocenters. The second kappa shape index (κ2) is 7.04. The molecule has 0 saturated carbocycles. The molecule has 0 fully saturated rings. The van der Waals surface area contributed by atoms with Crippen LogP contribution in [0.15, 0.2) is 0 Å². The smallest absolute Gasteiger partial charge is 0.319 e. The summed E-state index contributed by atoms with van der Waals surface area (Å²) < 4.78 is 4.90. The first-order valence-electron chi connectivity index (χ1n) is 5.80. The number of hydrogen-bond acceptors (Lipinski definition) is 4. The molecule has 0 aromatic heterocycles. The molecule has 0 aromatic rings. The molecule has 0 spiro atoms. The van der Waals surface area contributed by atoms with Crippen molar-refractivity contribution in [1.29, 1.82) is 0 Å². The Morgan fingerprint density at radius 3 is 2.12 bits per heavy atom. The van der Waals surface area contributed by atoms with Crippen molar-refractivity contribution in [3.8, 4) is 0 Å². The lowest BCUT2D eigenvalue weighted by molar-refractivity contribution is -0.161. The highest BCUT2D eigenvalue weighted by Gasteiger charge is 2.43. The van der Waals surface area contributed by atoms with Crippen molar-refractivity contribution in [1.82, 2.24) is 0 Å². The van der Waals surface area contributed by atoms with E-state index in [1.165, 1.54) is 6.92 Å². The Labute approximate surface area is 101 Å². The molecule has 1 N–H and O–H groups in total. The summed E-state index contributed by atoms with van der Waals surface area (Å²) in [7, 11) is 0. The van der Waals surface area contributed by atoms with Gasteiger partial charge in [0.05, 0.1) is 6.61 Å². The van der Waals surface area contributed by atoms with Crippen LogP contribution in [0.2, 0.25) is 0 Å². The van der Waals surface area contributed by atoms with Gasteiger partial charge in [-0.25, -0.2) is 0 Å². The highest BCUT2D eigenvalue weighted by Crippen LogP contribution is 2.32. The summed E-state index contributed by atoms with van der Waals surface area (Å²) in [6.07, 6.45) is 0.745. The second-order valence-corrected chi connectivity index (χ2v) is 4.00. The molecular weight excluding hydrogens is 224 g/mol. The number of rotatable bonds is 8. The van der Waals surface area contributed by atoms with Gasteiger partial charge < -0.3 is 9.84 Å². The fourth-order valence-corrected chi connectivity index (χ4v) is 1.84. The van der Waals surface area contributed by atoms with Crippen LogP contribution < -0.4 is 0 Å². The van der Waals surface area contributed by atoms with Crippen molar-refractivity contribution in [2.45, 2.75) is 46.5 Å². The van der Waals surface area contributed by atoms with Crippen LogP contribution in [0.5, 0.6) is 0 Å². The first-order valence-corrected chi connectivity index (χ1v) is 5.80. The van der Waals surface area contributed by atoms with E-state index in [1.54, 1.807) is 6.92 Å². The number of carbonyl (C=O) groups excluding carboxylic acids is 2. The minimum Gasteiger partial charge on any atom is -0.481 e. The third-order valence-corrected chi connectivity index (χ3v) is 2.78. The van der Waals surface area contributed by atoms with Gasteiger partial charge in [0.15, 0.2) is 0 Å². The lowest BCUT2D eigenvalue weighted by Gasteiger charge is -2.27. The number of esters is 1. The largest absolute Gasteiger partial charge is 0.481 e. The molecule has 17 heavy (non-hydrogen) atoms. The van der Waals surface area contributed by atoms with Crippen LogP contribution in [0, 0.1) is 5.41 Å². The maximum Gasteiger partial charge on any atom is 0.319 e. The molecule has 1 atom stereocenters. The van der Waals surface area contributed by atoms with Crippen molar-refractivity contribution < 1.29 is 24.2 Å². The summed E-state index contributed by atoms with van der Waals surface area (Å²) >= 11 is 0. The van der Waals surface area contributed by atoms with Crippen LogP contribution in [0.1, 0.15) is 46.5 Å². The fourth-order valence-electron chi connectivity index (χ4n) is 1.84. The SMILES string of the molecule is CCCC(CCC(=O)O)(C(C)=O)C(=O)OCC. The van der Waals surface area contributed by atoms with Gasteiger partial charge in [0.1, 0.15) is 11.2 Å². The van der Waals surface area contributed by atoms with Crippen LogP contribution >= 0.6 is 0 Å². The molecule has 5 heteroatoms. The van der Waals surface area contributed by atoms with Gasteiger partial charge in [-0.1, -0.05) is 13.3 Å². The van der Waals surface area contributed by atoms with E-state index >= 15 is 0 Å². The van der Waals surface area contributed by atoms with Gasteiger partial charge in [0.2, 0.25) is 0 Å². The molecule has 0 aromatic carbocycles. The quantitative estimate of drug-likeness (QED) is 0.520. The third kappa shape index (κ3) is 4.17. The van der Waals surface area contributed by atoms with Gasteiger partial charge in [0, 0.05) is 6.42 Å². The first kappa shape index (κ1) is 15.6. The van der Waals surface area contributed by atoms with E-state index in [1.807, 2.05) is 6.92 Å². The maximum absolute atomic E-state index is 11.9. The van der Waals surface area contributed by atoms with E-state index in [9.17, 15) is 14.4 Å². The van der Waals surface area contributed by atoms with Gasteiger partial charge in [-0.05, 0) is 26.7 Å². The van der Waals surface area contributed by atoms with E-state index in [0.29, 0.717) is 12.8 Å². The summed E-state index contributed by atoms with van der Waals surface area (Å²) in [5.74, 6) is -1.94. The van der Waals surface area contributed by atoms with E-state index < -0.39 is 17.4 Å². The zero-order valence-electron chi connectivity index (χ0n) is 10.6. The van der Waals surface area contributed by atoms with Crippen LogP contribution in [-0.2, 0) is 19.1 Å². The van der Waals surface area contributed by atoms with Gasteiger partial charge in [0.25, 0.3) is 0 Å². The molecule has 0 heterocycles. The maximum atomic E-state index is 11.9. The molecule has 0 amide bonds. The molecule has 0 aliphatic heterocycles. The van der Waals surface area contributed by atoms with Crippen LogP contribution in [0.25, 0.3) is 0 Å². The lowest BCUT2D eigenvalue weighted by atomic mass is 9.76. The lowest BCUT2D eigenvalue weighted by Crippen LogP contribution is -2.40. The normalized spacial score (nSPS) is 13.8. The van der Waals surface area contributed by atoms with Crippen LogP contribution in [0.4, 0.5) is 0 Å². The zero-order valence-corrected chi connectivity index (χ0v) is 10.6. The van der Waals surface area contributed by atoms with Gasteiger partial charge in [-0.2, -0.15) is 0 Å². The standard InChI is InChI=1S/C12H20O5/c1-4-7-12(9(3)13,8-6-10(14)15)11(16)17-5-2/h4-8H2,1-3H3,(H,14,15). The number of carboxylic acid groups (broad SMARTS) is 1. The summed E-state index contributed by atoms with van der Waals surface area (Å²) in [4.78, 5) is 34.2. The van der Waals surface area contributed by atoms with E-state index in [0.717, 1.165) is 0 Å². The highest BCUT2D eigenvalue weighted by molar-refractivity contribution is 6.02. The number of ether oxygens (including phenoxy) is 1. The molecule has 98 valence electrons. The summed E-state index contributed by atoms with van der Waals surface area (Å²) in [6.45, 7) is 5.00. The van der Waals surface area contributed by atoms with Crippen molar-refractivity contribution in [3.63, 3.8) is 0 Å². The number of Topliss-reactive ketones (excluding diaryl/α,β-unsaturated/α-hetero) is 1. The molecular formula is C12H20O5. The molecule has 0 rings (SSSR count). The van der Waals surface area contributed by atoms with Crippen molar-refractivity contribution >= 4 is 17.7 Å². The van der Waals surface area contributed by atoms with Crippen molar-refractivity contribution in [3.05, 3.63) is 0 Å². The highest BCUT2D eigenvalue weighted by atomic mass is 16.5. The van der Waals surface area contributed by atoms with Crippen molar-refractivity contribution in [2.24, 2.45) is 5.41 Å². The topological polar surface area (TPSA) is 80.7 Å². The Hall–Kier alpha value is -1.39. The number of hydrogen-bond donors (Lipinski definition) is 1. The average Bonchev–Trinajstić information content (AvgIpc) is 2.23. The summed E-state index contributed by atoms with van der Waals surface area (Å²) in [5, 5.41) is 8.68. The Bertz CT molecular complexity index is 297. The zero-order chi connectivity index (χ0) is 13.5.